The second kappa shape index (κ2) is 6.96. The molecule has 0 atom stereocenters. The second-order valence-corrected chi connectivity index (χ2v) is 6.89. The van der Waals surface area contributed by atoms with Gasteiger partial charge in [0.1, 0.15) is 0 Å². The number of carbonyl (C=O) groups excluding carboxylic acids is 1. The number of amides is 1. The van der Waals surface area contributed by atoms with Crippen LogP contribution in [0, 0.1) is 8.99 Å². The van der Waals surface area contributed by atoms with E-state index < -0.39 is 0 Å². The summed E-state index contributed by atoms with van der Waals surface area (Å²) in [6.45, 7) is 4.76. The predicted molar refractivity (Wildman–Crippen MR) is 85.6 cm³/mol. The van der Waals surface area contributed by atoms with Gasteiger partial charge in [-0.05, 0) is 52.6 Å². The Bertz CT molecular complexity index is 435. The average Bonchev–Trinajstić information content (AvgIpc) is 2.29. The molecule has 2 nitrogen and oxygen atoms in total. The van der Waals surface area contributed by atoms with Crippen LogP contribution in [-0.4, -0.2) is 18.3 Å². The highest BCUT2D eigenvalue weighted by Gasteiger charge is 2.19. The van der Waals surface area contributed by atoms with Crippen molar-refractivity contribution in [3.8, 4) is 0 Å². The highest BCUT2D eigenvalue weighted by molar-refractivity contribution is 14.1. The van der Waals surface area contributed by atoms with Gasteiger partial charge < -0.3 is 5.32 Å². The topological polar surface area (TPSA) is 29.1 Å². The fourth-order valence-corrected chi connectivity index (χ4v) is 2.69. The number of hydrogen-bond acceptors (Lipinski definition) is 1. The molecule has 0 radical (unpaired) electrons. The number of benzene rings is 1. The highest BCUT2D eigenvalue weighted by Crippen LogP contribution is 2.21. The molecule has 0 fully saturated rings. The molecule has 1 N–H and O–H groups in total. The molecule has 0 unspecified atom stereocenters. The lowest BCUT2D eigenvalue weighted by molar-refractivity contribution is 0.0935. The summed E-state index contributed by atoms with van der Waals surface area (Å²) in [5.41, 5.74) is 0.617. The summed E-state index contributed by atoms with van der Waals surface area (Å²) in [6.07, 6.45) is 0.863. The molecular weight excluding hydrogens is 384 g/mol. The molecule has 18 heavy (non-hydrogen) atoms. The maximum absolute atomic E-state index is 12.1. The van der Waals surface area contributed by atoms with Crippen molar-refractivity contribution in [2.45, 2.75) is 20.3 Å². The second-order valence-electron chi connectivity index (χ2n) is 4.91. The number of carbonyl (C=O) groups is 1. The van der Waals surface area contributed by atoms with Crippen molar-refractivity contribution in [2.24, 2.45) is 5.41 Å². The Morgan fingerprint density at radius 1 is 1.44 bits per heavy atom. The normalized spacial score (nSPS) is 11.4. The first-order valence-electron chi connectivity index (χ1n) is 5.65. The smallest absolute Gasteiger partial charge is 0.252 e. The minimum Gasteiger partial charge on any atom is -0.351 e. The number of halogens is 3. The van der Waals surface area contributed by atoms with Gasteiger partial charge in [-0.1, -0.05) is 25.4 Å². The zero-order valence-corrected chi connectivity index (χ0v) is 14.1. The summed E-state index contributed by atoms with van der Waals surface area (Å²) >= 11 is 13.8. The molecule has 0 aliphatic rings. The van der Waals surface area contributed by atoms with Crippen molar-refractivity contribution < 1.29 is 4.79 Å². The van der Waals surface area contributed by atoms with Crippen LogP contribution in [0.4, 0.5) is 0 Å². The monoisotopic (exact) mass is 399 g/mol. The van der Waals surface area contributed by atoms with E-state index in [9.17, 15) is 4.79 Å². The minimum absolute atomic E-state index is 0.00141. The Hall–Kier alpha value is -0.000000000000000111. The van der Waals surface area contributed by atoms with Crippen LogP contribution in [0.15, 0.2) is 18.2 Å². The molecule has 0 saturated heterocycles. The summed E-state index contributed by atoms with van der Waals surface area (Å²) < 4.78 is 0.893. The maximum atomic E-state index is 12.1. The van der Waals surface area contributed by atoms with Gasteiger partial charge in [-0.2, -0.15) is 0 Å². The van der Waals surface area contributed by atoms with E-state index in [1.165, 1.54) is 0 Å². The van der Waals surface area contributed by atoms with Crippen LogP contribution >= 0.6 is 45.8 Å². The summed E-state index contributed by atoms with van der Waals surface area (Å²) in [7, 11) is 0. The van der Waals surface area contributed by atoms with Gasteiger partial charge in [0.2, 0.25) is 0 Å². The molecule has 0 spiro atoms. The van der Waals surface area contributed by atoms with Crippen molar-refractivity contribution in [1.29, 1.82) is 0 Å². The molecule has 0 bridgehead atoms. The van der Waals surface area contributed by atoms with E-state index in [2.05, 4.69) is 41.8 Å². The lowest BCUT2D eigenvalue weighted by Gasteiger charge is -2.23. The molecule has 5 heteroatoms. The Labute approximate surface area is 132 Å². The zero-order valence-electron chi connectivity index (χ0n) is 10.4. The van der Waals surface area contributed by atoms with Gasteiger partial charge >= 0.3 is 0 Å². The van der Waals surface area contributed by atoms with Gasteiger partial charge in [-0.3, -0.25) is 4.79 Å². The van der Waals surface area contributed by atoms with Crippen molar-refractivity contribution in [3.63, 3.8) is 0 Å². The third-order valence-corrected chi connectivity index (χ3v) is 4.04. The number of alkyl halides is 1. The number of rotatable bonds is 5. The SMILES string of the molecule is CC(C)(CCCl)CNC(=O)c1cc(Cl)ccc1I. The van der Waals surface area contributed by atoms with Crippen molar-refractivity contribution in [2.75, 3.05) is 12.4 Å². The predicted octanol–water partition coefficient (Wildman–Crippen LogP) is 4.33. The maximum Gasteiger partial charge on any atom is 0.252 e. The molecule has 1 rings (SSSR count). The Morgan fingerprint density at radius 2 is 2.11 bits per heavy atom. The molecule has 0 aliphatic carbocycles. The van der Waals surface area contributed by atoms with Crippen LogP contribution < -0.4 is 5.32 Å². The van der Waals surface area contributed by atoms with Crippen molar-refractivity contribution in [1.82, 2.24) is 5.32 Å². The third kappa shape index (κ3) is 4.94. The van der Waals surface area contributed by atoms with E-state index in [0.29, 0.717) is 23.0 Å². The summed E-state index contributed by atoms with van der Waals surface area (Å²) in [5.74, 6) is 0.502. The van der Waals surface area contributed by atoms with Crippen LogP contribution in [0.2, 0.25) is 5.02 Å². The molecular formula is C13H16Cl2INO. The Morgan fingerprint density at radius 3 is 2.72 bits per heavy atom. The zero-order chi connectivity index (χ0) is 13.8. The molecule has 1 aromatic rings. The summed E-state index contributed by atoms with van der Waals surface area (Å²) in [6, 6.07) is 5.30. The lowest BCUT2D eigenvalue weighted by Crippen LogP contribution is -2.34. The first-order valence-corrected chi connectivity index (χ1v) is 7.64. The first kappa shape index (κ1) is 16.1. The summed E-state index contributed by atoms with van der Waals surface area (Å²) in [5, 5.41) is 3.50. The number of nitrogens with one attached hydrogen (secondary N) is 1. The minimum atomic E-state index is -0.0930. The van der Waals surface area contributed by atoms with Gasteiger partial charge in [0.05, 0.1) is 5.56 Å². The fraction of sp³-hybridized carbons (Fsp3) is 0.462. The summed E-state index contributed by atoms with van der Waals surface area (Å²) in [4.78, 5) is 12.1. The lowest BCUT2D eigenvalue weighted by atomic mass is 9.90. The molecule has 1 amide bonds. The van der Waals surface area contributed by atoms with Crippen molar-refractivity contribution in [3.05, 3.63) is 32.4 Å². The van der Waals surface area contributed by atoms with Gasteiger partial charge in [-0.25, -0.2) is 0 Å². The van der Waals surface area contributed by atoms with E-state index in [-0.39, 0.29) is 11.3 Å². The van der Waals surface area contributed by atoms with E-state index in [0.717, 1.165) is 9.99 Å². The van der Waals surface area contributed by atoms with Crippen LogP contribution in [0.5, 0.6) is 0 Å². The van der Waals surface area contributed by atoms with Crippen LogP contribution in [-0.2, 0) is 0 Å². The van der Waals surface area contributed by atoms with Gasteiger partial charge in [0.25, 0.3) is 5.91 Å². The average molecular weight is 400 g/mol. The molecule has 0 heterocycles. The molecule has 0 saturated carbocycles. The van der Waals surface area contributed by atoms with E-state index >= 15 is 0 Å². The molecule has 100 valence electrons. The van der Waals surface area contributed by atoms with E-state index in [4.69, 9.17) is 23.2 Å². The number of hydrogen-bond donors (Lipinski definition) is 1. The van der Waals surface area contributed by atoms with Crippen molar-refractivity contribution >= 4 is 51.7 Å². The highest BCUT2D eigenvalue weighted by atomic mass is 127. The molecule has 0 aromatic heterocycles. The van der Waals surface area contributed by atoms with E-state index in [1.807, 2.05) is 6.07 Å². The largest absolute Gasteiger partial charge is 0.351 e. The molecule has 0 aliphatic heterocycles. The van der Waals surface area contributed by atoms with Gasteiger partial charge in [-0.15, -0.1) is 11.6 Å². The van der Waals surface area contributed by atoms with Crippen LogP contribution in [0.3, 0.4) is 0 Å². The molecule has 1 aromatic carbocycles. The van der Waals surface area contributed by atoms with Gasteiger partial charge in [0, 0.05) is 21.0 Å². The Kier molecular flexibility index (Phi) is 6.21. The van der Waals surface area contributed by atoms with E-state index in [1.54, 1.807) is 12.1 Å². The van der Waals surface area contributed by atoms with Crippen LogP contribution in [0.25, 0.3) is 0 Å². The third-order valence-electron chi connectivity index (χ3n) is 2.67. The fourth-order valence-electron chi connectivity index (χ4n) is 1.43. The first-order chi connectivity index (χ1) is 8.35. The Balaban J connectivity index is 2.69. The standard InChI is InChI=1S/C13H16Cl2INO/c1-13(2,5-6-14)8-17-12(18)10-7-9(15)3-4-11(10)16/h3-4,7H,5-6,8H2,1-2H3,(H,17,18). The van der Waals surface area contributed by atoms with Crippen LogP contribution in [0.1, 0.15) is 30.6 Å². The quantitative estimate of drug-likeness (QED) is 0.579. The van der Waals surface area contributed by atoms with Gasteiger partial charge in [0.15, 0.2) is 0 Å².